The second kappa shape index (κ2) is 9.41. The van der Waals surface area contributed by atoms with Crippen molar-refractivity contribution in [3.63, 3.8) is 0 Å². The smallest absolute Gasteiger partial charge is 0.330 e. The van der Waals surface area contributed by atoms with Gasteiger partial charge in [0.15, 0.2) is 0 Å². The first-order chi connectivity index (χ1) is 16.9. The maximum Gasteiger partial charge on any atom is 0.330 e. The van der Waals surface area contributed by atoms with E-state index in [9.17, 15) is 14.0 Å². The third-order valence-electron chi connectivity index (χ3n) is 7.89. The Morgan fingerprint density at radius 3 is 2.66 bits per heavy atom. The lowest BCUT2D eigenvalue weighted by Gasteiger charge is -2.35. The Morgan fingerprint density at radius 2 is 1.94 bits per heavy atom. The van der Waals surface area contributed by atoms with E-state index in [1.807, 2.05) is 17.9 Å². The number of amides is 1. The van der Waals surface area contributed by atoms with E-state index in [1.165, 1.54) is 17.7 Å². The van der Waals surface area contributed by atoms with Crippen LogP contribution in [0.5, 0.6) is 0 Å². The molecule has 1 aliphatic carbocycles. The number of benzene rings is 1. The quantitative estimate of drug-likeness (QED) is 0.558. The number of rotatable bonds is 5. The number of nitrogens with zero attached hydrogens (tertiary/aromatic N) is 3. The molecule has 8 heteroatoms. The van der Waals surface area contributed by atoms with E-state index in [2.05, 4.69) is 20.5 Å². The molecule has 0 atom stereocenters. The zero-order chi connectivity index (χ0) is 24.6. The van der Waals surface area contributed by atoms with Crippen LogP contribution in [0.3, 0.4) is 0 Å². The Kier molecular flexibility index (Phi) is 6.32. The molecule has 1 aliphatic heterocycles. The largest absolute Gasteiger partial charge is 0.373 e. The molecule has 1 saturated carbocycles. The average molecular weight is 479 g/mol. The van der Waals surface area contributed by atoms with Crippen molar-refractivity contribution in [2.45, 2.75) is 58.5 Å². The van der Waals surface area contributed by atoms with Gasteiger partial charge in [-0.2, -0.15) is 5.90 Å². The van der Waals surface area contributed by atoms with Crippen LogP contribution in [0.1, 0.15) is 55.8 Å². The minimum absolute atomic E-state index is 0.150. The lowest BCUT2D eigenvalue weighted by Crippen LogP contribution is -2.39. The zero-order valence-electron chi connectivity index (χ0n) is 20.0. The van der Waals surface area contributed by atoms with Gasteiger partial charge in [-0.05, 0) is 80.3 Å². The van der Waals surface area contributed by atoms with Crippen LogP contribution in [0, 0.1) is 17.2 Å². The molecule has 0 unspecified atom stereocenters. The van der Waals surface area contributed by atoms with E-state index < -0.39 is 5.41 Å². The molecular weight excluding hydrogens is 447 g/mol. The predicted molar refractivity (Wildman–Crippen MR) is 129 cm³/mol. The number of nitrogens with two attached hydrogens (primary N) is 1. The fraction of sp³-hybridized carbons (Fsp3) is 0.444. The van der Waals surface area contributed by atoms with Crippen LogP contribution in [0.15, 0.2) is 42.6 Å². The number of pyridine rings is 1. The standard InChI is InChI=1S/C27H31FN4O3/c1-27(26(34)35-29)11-8-18(9-12-27)15-24(33)31-14-10-21-22-3-2-13-30-25(22)32(23(21)17-31)16-19-4-6-20(28)7-5-19/h2-7,13,18H,8-12,14-17,29H2,1H3/t18-,27-. The van der Waals surface area contributed by atoms with Crippen molar-refractivity contribution >= 4 is 22.9 Å². The van der Waals surface area contributed by atoms with Crippen LogP contribution in [0.2, 0.25) is 0 Å². The number of aromatic nitrogens is 2. The predicted octanol–water partition coefficient (Wildman–Crippen LogP) is 4.11. The summed E-state index contributed by atoms with van der Waals surface area (Å²) in [6.45, 7) is 3.68. The summed E-state index contributed by atoms with van der Waals surface area (Å²) in [5.41, 5.74) is 3.68. The summed E-state index contributed by atoms with van der Waals surface area (Å²) < 4.78 is 15.6. The third kappa shape index (κ3) is 4.55. The monoisotopic (exact) mass is 478 g/mol. The average Bonchev–Trinajstić information content (AvgIpc) is 3.19. The highest BCUT2D eigenvalue weighted by Crippen LogP contribution is 2.41. The summed E-state index contributed by atoms with van der Waals surface area (Å²) >= 11 is 0. The highest BCUT2D eigenvalue weighted by atomic mass is 19.1. The summed E-state index contributed by atoms with van der Waals surface area (Å²) in [6.07, 6.45) is 6.04. The van der Waals surface area contributed by atoms with Gasteiger partial charge in [0.25, 0.3) is 0 Å². The number of carbonyl (C=O) groups excluding carboxylic acids is 2. The Hall–Kier alpha value is -3.26. The molecule has 2 N–H and O–H groups in total. The van der Waals surface area contributed by atoms with E-state index >= 15 is 0 Å². The normalized spacial score (nSPS) is 22.1. The molecule has 1 amide bonds. The molecule has 2 aromatic heterocycles. The molecule has 0 bridgehead atoms. The molecule has 0 saturated heterocycles. The van der Waals surface area contributed by atoms with E-state index in [4.69, 9.17) is 5.90 Å². The number of hydrogen-bond donors (Lipinski definition) is 1. The van der Waals surface area contributed by atoms with Crippen molar-refractivity contribution in [3.05, 3.63) is 65.2 Å². The molecule has 3 heterocycles. The van der Waals surface area contributed by atoms with E-state index in [0.717, 1.165) is 41.6 Å². The van der Waals surface area contributed by atoms with Gasteiger partial charge in [-0.1, -0.05) is 12.1 Å². The molecule has 0 radical (unpaired) electrons. The highest BCUT2D eigenvalue weighted by Gasteiger charge is 2.39. The Labute approximate surface area is 204 Å². The summed E-state index contributed by atoms with van der Waals surface area (Å²) in [7, 11) is 0. The van der Waals surface area contributed by atoms with Crippen molar-refractivity contribution in [1.29, 1.82) is 0 Å². The number of hydrogen-bond acceptors (Lipinski definition) is 5. The van der Waals surface area contributed by atoms with Crippen LogP contribution in [0.4, 0.5) is 4.39 Å². The van der Waals surface area contributed by atoms with E-state index in [0.29, 0.717) is 38.9 Å². The molecule has 7 nitrogen and oxygen atoms in total. The van der Waals surface area contributed by atoms with Gasteiger partial charge in [-0.3, -0.25) is 4.79 Å². The summed E-state index contributed by atoms with van der Waals surface area (Å²) in [4.78, 5) is 36.4. The van der Waals surface area contributed by atoms with Crippen molar-refractivity contribution in [3.8, 4) is 0 Å². The molecule has 184 valence electrons. The van der Waals surface area contributed by atoms with Crippen LogP contribution < -0.4 is 5.90 Å². The molecule has 1 aromatic carbocycles. The van der Waals surface area contributed by atoms with Gasteiger partial charge in [0.2, 0.25) is 5.91 Å². The molecule has 35 heavy (non-hydrogen) atoms. The Bertz CT molecular complexity index is 1250. The first kappa shape index (κ1) is 23.5. The van der Waals surface area contributed by atoms with Crippen LogP contribution >= 0.6 is 0 Å². The van der Waals surface area contributed by atoms with Crippen LogP contribution in [-0.4, -0.2) is 32.9 Å². The van der Waals surface area contributed by atoms with E-state index in [-0.39, 0.29) is 23.6 Å². The van der Waals surface area contributed by atoms with Crippen molar-refractivity contribution in [2.75, 3.05) is 6.54 Å². The minimum atomic E-state index is -0.553. The van der Waals surface area contributed by atoms with Gasteiger partial charge in [-0.15, -0.1) is 0 Å². The van der Waals surface area contributed by atoms with Crippen LogP contribution in [0.25, 0.3) is 11.0 Å². The molecular formula is C27H31FN4O3. The lowest BCUT2D eigenvalue weighted by molar-refractivity contribution is -0.158. The van der Waals surface area contributed by atoms with Gasteiger partial charge >= 0.3 is 5.97 Å². The Balaban J connectivity index is 1.32. The first-order valence-corrected chi connectivity index (χ1v) is 12.3. The second-order valence-corrected chi connectivity index (χ2v) is 10.2. The van der Waals surface area contributed by atoms with Crippen molar-refractivity contribution in [1.82, 2.24) is 14.5 Å². The molecule has 0 spiro atoms. The van der Waals surface area contributed by atoms with Gasteiger partial charge < -0.3 is 14.3 Å². The maximum absolute atomic E-state index is 13.4. The SMILES string of the molecule is C[C@]1(C(=O)ON)CC[C@H](CC(=O)N2CCc3c(n(Cc4ccc(F)cc4)c4ncccc34)C2)CC1. The Morgan fingerprint density at radius 1 is 1.20 bits per heavy atom. The number of halogens is 1. The zero-order valence-corrected chi connectivity index (χ0v) is 20.0. The topological polar surface area (TPSA) is 90.5 Å². The lowest BCUT2D eigenvalue weighted by atomic mass is 9.71. The number of carbonyl (C=O) groups is 2. The molecule has 1 fully saturated rings. The summed E-state index contributed by atoms with van der Waals surface area (Å²) in [5.74, 6) is 4.89. The van der Waals surface area contributed by atoms with Gasteiger partial charge in [0, 0.05) is 36.8 Å². The summed E-state index contributed by atoms with van der Waals surface area (Å²) in [5, 5.41) is 1.12. The molecule has 3 aromatic rings. The second-order valence-electron chi connectivity index (χ2n) is 10.2. The first-order valence-electron chi connectivity index (χ1n) is 12.3. The van der Waals surface area contributed by atoms with Gasteiger partial charge in [0.1, 0.15) is 11.5 Å². The molecule has 5 rings (SSSR count). The maximum atomic E-state index is 13.4. The summed E-state index contributed by atoms with van der Waals surface area (Å²) in [6, 6.07) is 10.6. The van der Waals surface area contributed by atoms with Crippen molar-refractivity contribution in [2.24, 2.45) is 17.2 Å². The fourth-order valence-corrected chi connectivity index (χ4v) is 5.66. The van der Waals surface area contributed by atoms with Gasteiger partial charge in [-0.25, -0.2) is 14.2 Å². The van der Waals surface area contributed by atoms with Gasteiger partial charge in [0.05, 0.1) is 12.0 Å². The fourth-order valence-electron chi connectivity index (χ4n) is 5.66. The minimum Gasteiger partial charge on any atom is -0.373 e. The van der Waals surface area contributed by atoms with Crippen LogP contribution in [-0.2, 0) is 33.9 Å². The van der Waals surface area contributed by atoms with E-state index in [1.54, 1.807) is 18.3 Å². The van der Waals surface area contributed by atoms with Crippen molar-refractivity contribution < 1.29 is 18.8 Å². The highest BCUT2D eigenvalue weighted by molar-refractivity contribution is 5.84. The third-order valence-corrected chi connectivity index (χ3v) is 7.89. The number of fused-ring (bicyclic) bond motifs is 3. The molecule has 2 aliphatic rings.